The molecule has 4 nitrogen and oxygen atoms in total. The summed E-state index contributed by atoms with van der Waals surface area (Å²) in [5.41, 5.74) is 0.0337. The lowest BCUT2D eigenvalue weighted by molar-refractivity contribution is 0.102. The smallest absolute Gasteiger partial charge is 0.328 e. The van der Waals surface area contributed by atoms with Gasteiger partial charge in [0.1, 0.15) is 0 Å². The molecule has 1 aromatic rings. The van der Waals surface area contributed by atoms with Gasteiger partial charge >= 0.3 is 5.69 Å². The molecule has 0 aromatic carbocycles. The second kappa shape index (κ2) is 4.28. The summed E-state index contributed by atoms with van der Waals surface area (Å²) in [5, 5.41) is 0. The highest BCUT2D eigenvalue weighted by Crippen LogP contribution is 1.93. The monoisotopic (exact) mass is 184 g/mol. The van der Waals surface area contributed by atoms with Gasteiger partial charge in [-0.05, 0) is 13.8 Å². The van der Waals surface area contributed by atoms with E-state index >= 15 is 0 Å². The normalized spacial score (nSPS) is 13.2. The number of rotatable bonds is 4. The van der Waals surface area contributed by atoms with E-state index in [-0.39, 0.29) is 11.8 Å². The van der Waals surface area contributed by atoms with Crippen molar-refractivity contribution < 1.29 is 4.74 Å². The van der Waals surface area contributed by atoms with Crippen LogP contribution < -0.4 is 5.69 Å². The Bertz CT molecular complexity index is 314. The lowest BCUT2D eigenvalue weighted by Gasteiger charge is -2.08. The predicted octanol–water partition coefficient (Wildman–Crippen LogP) is 0.705. The molecule has 0 saturated carbocycles. The Morgan fingerprint density at radius 1 is 1.46 bits per heavy atom. The van der Waals surface area contributed by atoms with Crippen molar-refractivity contribution in [2.24, 2.45) is 0 Å². The summed E-state index contributed by atoms with van der Waals surface area (Å²) < 4.78 is 8.42. The topological polar surface area (TPSA) is 36.2 Å². The van der Waals surface area contributed by atoms with Gasteiger partial charge in [0.05, 0.1) is 12.6 Å². The average Bonchev–Trinajstić information content (AvgIpc) is 2.48. The number of imidazole rings is 1. The zero-order chi connectivity index (χ0) is 9.84. The van der Waals surface area contributed by atoms with Gasteiger partial charge in [0.25, 0.3) is 0 Å². The molecule has 1 rings (SSSR count). The highest BCUT2D eigenvalue weighted by molar-refractivity contribution is 4.81. The van der Waals surface area contributed by atoms with E-state index in [9.17, 15) is 4.79 Å². The third kappa shape index (κ3) is 2.21. The van der Waals surface area contributed by atoms with Crippen molar-refractivity contribution in [2.75, 3.05) is 7.11 Å². The van der Waals surface area contributed by atoms with Crippen molar-refractivity contribution in [1.29, 1.82) is 0 Å². The van der Waals surface area contributed by atoms with Crippen LogP contribution in [0.2, 0.25) is 0 Å². The van der Waals surface area contributed by atoms with Gasteiger partial charge in [0, 0.05) is 26.0 Å². The van der Waals surface area contributed by atoms with Crippen LogP contribution in [0, 0.1) is 0 Å². The van der Waals surface area contributed by atoms with Crippen LogP contribution in [0.4, 0.5) is 0 Å². The molecule has 1 atom stereocenters. The van der Waals surface area contributed by atoms with Crippen molar-refractivity contribution >= 4 is 0 Å². The summed E-state index contributed by atoms with van der Waals surface area (Å²) in [7, 11) is 1.65. The molecule has 0 bridgehead atoms. The van der Waals surface area contributed by atoms with Crippen molar-refractivity contribution in [3.63, 3.8) is 0 Å². The third-order valence-electron chi connectivity index (χ3n) is 2.11. The number of nitrogens with zero attached hydrogens (tertiary/aromatic N) is 2. The van der Waals surface area contributed by atoms with Gasteiger partial charge in [-0.3, -0.25) is 9.13 Å². The zero-order valence-corrected chi connectivity index (χ0v) is 8.36. The quantitative estimate of drug-likeness (QED) is 0.690. The van der Waals surface area contributed by atoms with Crippen LogP contribution in [0.25, 0.3) is 0 Å². The van der Waals surface area contributed by atoms with E-state index in [1.807, 2.05) is 13.8 Å². The average molecular weight is 184 g/mol. The van der Waals surface area contributed by atoms with E-state index in [0.717, 1.165) is 0 Å². The van der Waals surface area contributed by atoms with Crippen molar-refractivity contribution in [3.05, 3.63) is 22.9 Å². The van der Waals surface area contributed by atoms with Crippen LogP contribution in [0.15, 0.2) is 17.2 Å². The molecular weight excluding hydrogens is 168 g/mol. The van der Waals surface area contributed by atoms with Crippen LogP contribution >= 0.6 is 0 Å². The lowest BCUT2D eigenvalue weighted by Crippen LogP contribution is -2.27. The number of hydrogen-bond acceptors (Lipinski definition) is 2. The Kier molecular flexibility index (Phi) is 3.31. The zero-order valence-electron chi connectivity index (χ0n) is 8.36. The van der Waals surface area contributed by atoms with Crippen LogP contribution in [-0.4, -0.2) is 22.3 Å². The number of aromatic nitrogens is 2. The Balaban J connectivity index is 2.78. The van der Waals surface area contributed by atoms with Crippen molar-refractivity contribution in [2.45, 2.75) is 33.0 Å². The lowest BCUT2D eigenvalue weighted by atomic mass is 10.4. The first kappa shape index (κ1) is 10.1. The number of aryl methyl sites for hydroxylation is 1. The SMILES string of the molecule is CCn1ccn(CC(C)OC)c1=O. The molecule has 1 heterocycles. The standard InChI is InChI=1S/C9H16N2O2/c1-4-10-5-6-11(9(10)12)7-8(2)13-3/h5-6,8H,4,7H2,1-3H3. The van der Waals surface area contributed by atoms with Crippen molar-refractivity contribution in [1.82, 2.24) is 9.13 Å². The summed E-state index contributed by atoms with van der Waals surface area (Å²) in [6, 6.07) is 0. The molecule has 0 saturated heterocycles. The number of methoxy groups -OCH3 is 1. The maximum Gasteiger partial charge on any atom is 0.328 e. The fraction of sp³-hybridized carbons (Fsp3) is 0.667. The molecule has 1 unspecified atom stereocenters. The van der Waals surface area contributed by atoms with Gasteiger partial charge in [-0.25, -0.2) is 4.79 Å². The highest BCUT2D eigenvalue weighted by atomic mass is 16.5. The van der Waals surface area contributed by atoms with Gasteiger partial charge in [0.15, 0.2) is 0 Å². The summed E-state index contributed by atoms with van der Waals surface area (Å²) in [5.74, 6) is 0. The first-order valence-corrected chi connectivity index (χ1v) is 4.47. The summed E-state index contributed by atoms with van der Waals surface area (Å²) in [4.78, 5) is 11.5. The second-order valence-electron chi connectivity index (χ2n) is 3.07. The molecule has 0 N–H and O–H groups in total. The van der Waals surface area contributed by atoms with Gasteiger partial charge < -0.3 is 4.74 Å². The molecule has 0 aliphatic heterocycles. The molecule has 74 valence electrons. The molecule has 13 heavy (non-hydrogen) atoms. The van der Waals surface area contributed by atoms with E-state index in [1.165, 1.54) is 0 Å². The molecule has 0 spiro atoms. The largest absolute Gasteiger partial charge is 0.380 e. The van der Waals surface area contributed by atoms with E-state index < -0.39 is 0 Å². The minimum absolute atomic E-state index is 0.0337. The van der Waals surface area contributed by atoms with Gasteiger partial charge in [-0.2, -0.15) is 0 Å². The Hall–Kier alpha value is -1.03. The van der Waals surface area contributed by atoms with E-state index in [0.29, 0.717) is 13.1 Å². The minimum atomic E-state index is 0.0337. The molecule has 1 aromatic heterocycles. The first-order valence-electron chi connectivity index (χ1n) is 4.47. The molecule has 0 aliphatic carbocycles. The van der Waals surface area contributed by atoms with Crippen LogP contribution in [0.3, 0.4) is 0 Å². The number of ether oxygens (including phenoxy) is 1. The molecular formula is C9H16N2O2. The van der Waals surface area contributed by atoms with E-state index in [4.69, 9.17) is 4.74 Å². The Morgan fingerprint density at radius 3 is 2.54 bits per heavy atom. The predicted molar refractivity (Wildman–Crippen MR) is 50.8 cm³/mol. The van der Waals surface area contributed by atoms with Crippen molar-refractivity contribution in [3.8, 4) is 0 Å². The first-order chi connectivity index (χ1) is 6.19. The molecule has 0 radical (unpaired) electrons. The van der Waals surface area contributed by atoms with Crippen LogP contribution in [0.5, 0.6) is 0 Å². The Labute approximate surface area is 77.7 Å². The van der Waals surface area contributed by atoms with E-state index in [1.54, 1.807) is 28.6 Å². The molecule has 0 amide bonds. The maximum absolute atomic E-state index is 11.5. The summed E-state index contributed by atoms with van der Waals surface area (Å²) in [6.07, 6.45) is 3.66. The summed E-state index contributed by atoms with van der Waals surface area (Å²) in [6.45, 7) is 5.22. The fourth-order valence-corrected chi connectivity index (χ4v) is 1.18. The molecule has 4 heteroatoms. The highest BCUT2D eigenvalue weighted by Gasteiger charge is 2.05. The van der Waals surface area contributed by atoms with Gasteiger partial charge in [-0.1, -0.05) is 0 Å². The molecule has 0 aliphatic rings. The third-order valence-corrected chi connectivity index (χ3v) is 2.11. The Morgan fingerprint density at radius 2 is 2.08 bits per heavy atom. The fourth-order valence-electron chi connectivity index (χ4n) is 1.18. The van der Waals surface area contributed by atoms with Gasteiger partial charge in [-0.15, -0.1) is 0 Å². The second-order valence-corrected chi connectivity index (χ2v) is 3.07. The van der Waals surface area contributed by atoms with Gasteiger partial charge in [0.2, 0.25) is 0 Å². The maximum atomic E-state index is 11.5. The minimum Gasteiger partial charge on any atom is -0.380 e. The van der Waals surface area contributed by atoms with Crippen LogP contribution in [-0.2, 0) is 17.8 Å². The molecule has 0 fully saturated rings. The van der Waals surface area contributed by atoms with Crippen LogP contribution in [0.1, 0.15) is 13.8 Å². The van der Waals surface area contributed by atoms with E-state index in [2.05, 4.69) is 0 Å². The number of hydrogen-bond donors (Lipinski definition) is 0. The summed E-state index contributed by atoms with van der Waals surface area (Å²) >= 11 is 0.